The van der Waals surface area contributed by atoms with Crippen molar-refractivity contribution < 1.29 is 9.53 Å². The molecule has 0 bridgehead atoms. The quantitative estimate of drug-likeness (QED) is 0.865. The van der Waals surface area contributed by atoms with Crippen molar-refractivity contribution in [2.45, 2.75) is 77.3 Å². The van der Waals surface area contributed by atoms with Crippen LogP contribution in [0.1, 0.15) is 65.2 Å². The molecule has 3 aliphatic rings. The number of carbonyl (C=O) groups is 1. The molecule has 3 rings (SSSR count). The van der Waals surface area contributed by atoms with Gasteiger partial charge in [-0.05, 0) is 49.9 Å². The predicted molar refractivity (Wildman–Crippen MR) is 92.3 cm³/mol. The van der Waals surface area contributed by atoms with E-state index in [1.807, 2.05) is 0 Å². The fourth-order valence-electron chi connectivity index (χ4n) is 4.69. The van der Waals surface area contributed by atoms with E-state index in [2.05, 4.69) is 24.1 Å². The van der Waals surface area contributed by atoms with E-state index in [1.165, 1.54) is 38.5 Å². The SMILES string of the molecule is CC(C)[C@@H](NC1CCOCC1)C(=O)N1CCC2(CCCC2)CC1. The van der Waals surface area contributed by atoms with Gasteiger partial charge in [0.25, 0.3) is 0 Å². The first-order chi connectivity index (χ1) is 11.1. The van der Waals surface area contributed by atoms with Crippen molar-refractivity contribution >= 4 is 5.91 Å². The highest BCUT2D eigenvalue weighted by molar-refractivity contribution is 5.82. The topological polar surface area (TPSA) is 41.6 Å². The molecule has 0 unspecified atom stereocenters. The van der Waals surface area contributed by atoms with Gasteiger partial charge in [0, 0.05) is 32.3 Å². The van der Waals surface area contributed by atoms with Crippen LogP contribution in [-0.4, -0.2) is 49.2 Å². The summed E-state index contributed by atoms with van der Waals surface area (Å²) in [7, 11) is 0. The number of amides is 1. The molecule has 1 N–H and O–H groups in total. The Labute approximate surface area is 141 Å². The third-order valence-corrected chi connectivity index (χ3v) is 6.37. The second-order valence-corrected chi connectivity index (χ2v) is 8.31. The predicted octanol–water partition coefficient (Wildman–Crippen LogP) is 2.96. The van der Waals surface area contributed by atoms with Crippen LogP contribution in [0.4, 0.5) is 0 Å². The molecule has 0 aromatic rings. The number of likely N-dealkylation sites (tertiary alicyclic amines) is 1. The summed E-state index contributed by atoms with van der Waals surface area (Å²) in [4.78, 5) is 15.2. The Hall–Kier alpha value is -0.610. The number of hydrogen-bond donors (Lipinski definition) is 1. The van der Waals surface area contributed by atoms with Gasteiger partial charge in [-0.1, -0.05) is 26.7 Å². The zero-order valence-electron chi connectivity index (χ0n) is 15.0. The second kappa shape index (κ2) is 7.52. The maximum atomic E-state index is 13.0. The van der Waals surface area contributed by atoms with E-state index in [1.54, 1.807) is 0 Å². The molecule has 1 aliphatic carbocycles. The van der Waals surface area contributed by atoms with Gasteiger partial charge in [-0.25, -0.2) is 0 Å². The molecule has 23 heavy (non-hydrogen) atoms. The molecule has 0 aromatic carbocycles. The van der Waals surface area contributed by atoms with Crippen molar-refractivity contribution in [3.8, 4) is 0 Å². The summed E-state index contributed by atoms with van der Waals surface area (Å²) in [6, 6.07) is 0.404. The van der Waals surface area contributed by atoms with Gasteiger partial charge in [0.15, 0.2) is 0 Å². The van der Waals surface area contributed by atoms with Crippen molar-refractivity contribution in [1.82, 2.24) is 10.2 Å². The Morgan fingerprint density at radius 3 is 2.26 bits per heavy atom. The van der Waals surface area contributed by atoms with Crippen LogP contribution in [0.5, 0.6) is 0 Å². The Morgan fingerprint density at radius 1 is 1.09 bits per heavy atom. The monoisotopic (exact) mass is 322 g/mol. The molecule has 4 nitrogen and oxygen atoms in total. The summed E-state index contributed by atoms with van der Waals surface area (Å²) in [6.45, 7) is 7.91. The Morgan fingerprint density at radius 2 is 1.70 bits per heavy atom. The van der Waals surface area contributed by atoms with Gasteiger partial charge in [-0.3, -0.25) is 4.79 Å². The van der Waals surface area contributed by atoms with Crippen LogP contribution >= 0.6 is 0 Å². The Balaban J connectivity index is 1.55. The third kappa shape index (κ3) is 4.08. The summed E-state index contributed by atoms with van der Waals surface area (Å²) < 4.78 is 5.44. The van der Waals surface area contributed by atoms with Crippen molar-refractivity contribution in [2.24, 2.45) is 11.3 Å². The zero-order valence-corrected chi connectivity index (χ0v) is 15.0. The van der Waals surface area contributed by atoms with E-state index < -0.39 is 0 Å². The number of hydrogen-bond acceptors (Lipinski definition) is 3. The molecular formula is C19H34N2O2. The van der Waals surface area contributed by atoms with Gasteiger partial charge in [0.05, 0.1) is 6.04 Å². The lowest BCUT2D eigenvalue weighted by molar-refractivity contribution is -0.137. The van der Waals surface area contributed by atoms with E-state index in [0.717, 1.165) is 39.1 Å². The summed E-state index contributed by atoms with van der Waals surface area (Å²) in [5, 5.41) is 3.64. The van der Waals surface area contributed by atoms with Crippen LogP contribution in [0.25, 0.3) is 0 Å². The lowest BCUT2D eigenvalue weighted by Gasteiger charge is -2.41. The molecule has 1 spiro atoms. The van der Waals surface area contributed by atoms with E-state index in [9.17, 15) is 4.79 Å². The fraction of sp³-hybridized carbons (Fsp3) is 0.947. The van der Waals surface area contributed by atoms with Crippen LogP contribution in [0, 0.1) is 11.3 Å². The smallest absolute Gasteiger partial charge is 0.239 e. The average Bonchev–Trinajstić information content (AvgIpc) is 3.01. The molecule has 2 heterocycles. The lowest BCUT2D eigenvalue weighted by atomic mass is 9.77. The highest BCUT2D eigenvalue weighted by atomic mass is 16.5. The number of rotatable bonds is 4. The van der Waals surface area contributed by atoms with Crippen molar-refractivity contribution in [3.05, 3.63) is 0 Å². The van der Waals surface area contributed by atoms with Crippen LogP contribution in [-0.2, 0) is 9.53 Å². The summed E-state index contributed by atoms with van der Waals surface area (Å²) >= 11 is 0. The minimum atomic E-state index is -0.0317. The van der Waals surface area contributed by atoms with Crippen LogP contribution in [0.2, 0.25) is 0 Å². The molecule has 0 radical (unpaired) electrons. The van der Waals surface area contributed by atoms with Gasteiger partial charge in [0.1, 0.15) is 0 Å². The minimum absolute atomic E-state index is 0.0317. The molecule has 1 saturated carbocycles. The maximum Gasteiger partial charge on any atom is 0.239 e. The Kier molecular flexibility index (Phi) is 5.63. The minimum Gasteiger partial charge on any atom is -0.381 e. The van der Waals surface area contributed by atoms with Crippen molar-refractivity contribution in [3.63, 3.8) is 0 Å². The van der Waals surface area contributed by atoms with E-state index in [-0.39, 0.29) is 6.04 Å². The van der Waals surface area contributed by atoms with Gasteiger partial charge in [-0.2, -0.15) is 0 Å². The summed E-state index contributed by atoms with van der Waals surface area (Å²) in [5.74, 6) is 0.673. The van der Waals surface area contributed by atoms with E-state index >= 15 is 0 Å². The molecule has 132 valence electrons. The van der Waals surface area contributed by atoms with Crippen molar-refractivity contribution in [2.75, 3.05) is 26.3 Å². The number of nitrogens with zero attached hydrogens (tertiary/aromatic N) is 1. The lowest BCUT2D eigenvalue weighted by Crippen LogP contribution is -2.55. The van der Waals surface area contributed by atoms with Gasteiger partial charge in [0.2, 0.25) is 5.91 Å². The maximum absolute atomic E-state index is 13.0. The standard InChI is InChI=1S/C19H34N2O2/c1-15(2)17(20-16-5-13-23-14-6-16)18(22)21-11-9-19(10-12-21)7-3-4-8-19/h15-17,20H,3-14H2,1-2H3/t17-/m1/s1. The number of ether oxygens (including phenoxy) is 1. The van der Waals surface area contributed by atoms with Gasteiger partial charge in [-0.15, -0.1) is 0 Å². The summed E-state index contributed by atoms with van der Waals surface area (Å²) in [6.07, 6.45) is 10.1. The highest BCUT2D eigenvalue weighted by Crippen LogP contribution is 2.46. The number of piperidine rings is 1. The normalized spacial score (nSPS) is 26.8. The molecule has 0 aromatic heterocycles. The molecule has 3 fully saturated rings. The molecule has 1 amide bonds. The highest BCUT2D eigenvalue weighted by Gasteiger charge is 2.39. The zero-order chi connectivity index (χ0) is 16.3. The molecule has 2 saturated heterocycles. The molecule has 2 aliphatic heterocycles. The largest absolute Gasteiger partial charge is 0.381 e. The molecule has 1 atom stereocenters. The third-order valence-electron chi connectivity index (χ3n) is 6.37. The van der Waals surface area contributed by atoms with Crippen LogP contribution < -0.4 is 5.32 Å². The van der Waals surface area contributed by atoms with Gasteiger partial charge < -0.3 is 15.0 Å². The number of nitrogens with one attached hydrogen (secondary N) is 1. The summed E-state index contributed by atoms with van der Waals surface area (Å²) in [5.41, 5.74) is 0.582. The first-order valence-corrected chi connectivity index (χ1v) is 9.72. The molecule has 4 heteroatoms. The number of carbonyl (C=O) groups excluding carboxylic acids is 1. The molecular weight excluding hydrogens is 288 g/mol. The average molecular weight is 322 g/mol. The van der Waals surface area contributed by atoms with Crippen molar-refractivity contribution in [1.29, 1.82) is 0 Å². The first-order valence-electron chi connectivity index (χ1n) is 9.72. The fourth-order valence-corrected chi connectivity index (χ4v) is 4.69. The van der Waals surface area contributed by atoms with E-state index in [4.69, 9.17) is 4.74 Å². The van der Waals surface area contributed by atoms with Crippen LogP contribution in [0.3, 0.4) is 0 Å². The van der Waals surface area contributed by atoms with Gasteiger partial charge >= 0.3 is 0 Å². The first kappa shape index (κ1) is 17.2. The second-order valence-electron chi connectivity index (χ2n) is 8.31. The van der Waals surface area contributed by atoms with E-state index in [0.29, 0.717) is 23.3 Å². The Bertz CT molecular complexity index is 388. The van der Waals surface area contributed by atoms with Crippen LogP contribution in [0.15, 0.2) is 0 Å².